The molecule has 3 heterocycles. The number of rotatable bonds is 4. The third-order valence-electron chi connectivity index (χ3n) is 5.75. The fraction of sp³-hybridized carbons (Fsp3) is 0.684. The number of amides is 2. The van der Waals surface area contributed by atoms with E-state index in [9.17, 15) is 9.59 Å². The number of hydrogen-bond acceptors (Lipinski definition) is 4. The molecule has 1 unspecified atom stereocenters. The molecule has 4 rings (SSSR count). The van der Waals surface area contributed by atoms with Crippen LogP contribution in [0.25, 0.3) is 0 Å². The van der Waals surface area contributed by atoms with Crippen molar-refractivity contribution in [1.82, 2.24) is 15.1 Å². The van der Waals surface area contributed by atoms with Crippen LogP contribution in [0.3, 0.4) is 0 Å². The summed E-state index contributed by atoms with van der Waals surface area (Å²) in [5.74, 6) is 0.589. The highest BCUT2D eigenvalue weighted by molar-refractivity contribution is 7.12. The summed E-state index contributed by atoms with van der Waals surface area (Å²) >= 11 is 1.52. The summed E-state index contributed by atoms with van der Waals surface area (Å²) in [5.41, 5.74) is 0. The lowest BCUT2D eigenvalue weighted by Crippen LogP contribution is -2.51. The van der Waals surface area contributed by atoms with Crippen molar-refractivity contribution in [3.8, 4) is 0 Å². The van der Waals surface area contributed by atoms with Gasteiger partial charge in [0.05, 0.1) is 10.8 Å². The Morgan fingerprint density at radius 3 is 2.56 bits per heavy atom. The molecule has 6 heteroatoms. The number of piperidine rings is 2. The summed E-state index contributed by atoms with van der Waals surface area (Å²) in [5, 5.41) is 5.13. The van der Waals surface area contributed by atoms with E-state index in [4.69, 9.17) is 0 Å². The quantitative estimate of drug-likeness (QED) is 0.896. The minimum Gasteiger partial charge on any atom is -0.353 e. The van der Waals surface area contributed by atoms with E-state index in [2.05, 4.69) is 10.2 Å². The Labute approximate surface area is 153 Å². The van der Waals surface area contributed by atoms with Gasteiger partial charge in [-0.25, -0.2) is 0 Å². The minimum atomic E-state index is 0.153. The van der Waals surface area contributed by atoms with E-state index in [-0.39, 0.29) is 17.7 Å². The van der Waals surface area contributed by atoms with Crippen LogP contribution in [0.15, 0.2) is 17.5 Å². The number of thiophene rings is 1. The predicted octanol–water partition coefficient (Wildman–Crippen LogP) is 2.34. The summed E-state index contributed by atoms with van der Waals surface area (Å²) in [4.78, 5) is 30.2. The first kappa shape index (κ1) is 17.0. The molecule has 0 bridgehead atoms. The molecule has 0 aromatic carbocycles. The van der Waals surface area contributed by atoms with Gasteiger partial charge in [0.25, 0.3) is 5.91 Å². The average Bonchev–Trinajstić information content (AvgIpc) is 3.30. The molecule has 3 fully saturated rings. The molecule has 1 aromatic heterocycles. The van der Waals surface area contributed by atoms with E-state index in [1.807, 2.05) is 22.4 Å². The largest absolute Gasteiger partial charge is 0.353 e. The number of nitrogens with zero attached hydrogens (tertiary/aromatic N) is 2. The van der Waals surface area contributed by atoms with E-state index >= 15 is 0 Å². The first-order chi connectivity index (χ1) is 12.2. The van der Waals surface area contributed by atoms with Crippen molar-refractivity contribution in [3.05, 3.63) is 22.4 Å². The van der Waals surface area contributed by atoms with Gasteiger partial charge in [0.2, 0.25) is 5.91 Å². The van der Waals surface area contributed by atoms with Crippen LogP contribution in [0.2, 0.25) is 0 Å². The van der Waals surface area contributed by atoms with Crippen LogP contribution < -0.4 is 5.32 Å². The maximum atomic E-state index is 12.5. The lowest BCUT2D eigenvalue weighted by molar-refractivity contribution is -0.127. The fourth-order valence-electron chi connectivity index (χ4n) is 4.09. The van der Waals surface area contributed by atoms with Crippen molar-refractivity contribution in [2.24, 2.45) is 5.92 Å². The van der Waals surface area contributed by atoms with Crippen LogP contribution in [0.1, 0.15) is 48.2 Å². The van der Waals surface area contributed by atoms with Gasteiger partial charge in [-0.15, -0.1) is 11.3 Å². The molecular weight excluding hydrogens is 334 g/mol. The zero-order chi connectivity index (χ0) is 17.2. The van der Waals surface area contributed by atoms with Gasteiger partial charge in [-0.05, 0) is 56.5 Å². The highest BCUT2D eigenvalue weighted by Gasteiger charge is 2.34. The van der Waals surface area contributed by atoms with Gasteiger partial charge in [-0.1, -0.05) is 6.07 Å². The van der Waals surface area contributed by atoms with Gasteiger partial charge in [-0.2, -0.15) is 0 Å². The molecule has 5 nitrogen and oxygen atoms in total. The molecule has 0 radical (unpaired) electrons. The van der Waals surface area contributed by atoms with Gasteiger partial charge >= 0.3 is 0 Å². The number of hydrogen-bond donors (Lipinski definition) is 1. The smallest absolute Gasteiger partial charge is 0.263 e. The van der Waals surface area contributed by atoms with Gasteiger partial charge < -0.3 is 10.2 Å². The van der Waals surface area contributed by atoms with Crippen LogP contribution in [0.5, 0.6) is 0 Å². The molecule has 0 spiro atoms. The maximum absolute atomic E-state index is 12.5. The summed E-state index contributed by atoms with van der Waals surface area (Å²) in [6, 6.07) is 4.82. The summed E-state index contributed by atoms with van der Waals surface area (Å²) in [6.45, 7) is 3.65. The van der Waals surface area contributed by atoms with Crippen molar-refractivity contribution in [1.29, 1.82) is 0 Å². The highest BCUT2D eigenvalue weighted by Crippen LogP contribution is 2.26. The molecule has 1 aromatic rings. The van der Waals surface area contributed by atoms with Crippen LogP contribution in [0, 0.1) is 5.92 Å². The fourth-order valence-corrected chi connectivity index (χ4v) is 4.78. The van der Waals surface area contributed by atoms with Crippen LogP contribution >= 0.6 is 11.3 Å². The molecule has 2 amide bonds. The topological polar surface area (TPSA) is 52.7 Å². The number of likely N-dealkylation sites (tertiary alicyclic amines) is 2. The van der Waals surface area contributed by atoms with Crippen molar-refractivity contribution < 1.29 is 9.59 Å². The zero-order valence-electron chi connectivity index (χ0n) is 14.7. The summed E-state index contributed by atoms with van der Waals surface area (Å²) in [7, 11) is 0. The lowest BCUT2D eigenvalue weighted by Gasteiger charge is -2.42. The van der Waals surface area contributed by atoms with Gasteiger partial charge in [0.1, 0.15) is 0 Å². The summed E-state index contributed by atoms with van der Waals surface area (Å²) in [6.07, 6.45) is 6.47. The minimum absolute atomic E-state index is 0.153. The number of carbonyl (C=O) groups excluding carboxylic acids is 2. The molecule has 136 valence electrons. The third kappa shape index (κ3) is 4.06. The van der Waals surface area contributed by atoms with E-state index in [0.29, 0.717) is 12.1 Å². The van der Waals surface area contributed by atoms with Crippen molar-refractivity contribution in [2.45, 2.75) is 50.6 Å². The average molecular weight is 362 g/mol. The molecule has 25 heavy (non-hydrogen) atoms. The molecule has 1 N–H and O–H groups in total. The molecule has 1 saturated carbocycles. The van der Waals surface area contributed by atoms with Crippen molar-refractivity contribution >= 4 is 23.2 Å². The standard InChI is InChI=1S/C19H27N3O2S/c23-18(20-15-5-6-15)14-3-1-9-22(13-14)16-7-10-21(11-8-16)19(24)17-4-2-12-25-17/h2,4,12,14-16H,1,3,5-11,13H2,(H,20,23). The molecule has 1 atom stereocenters. The van der Waals surface area contributed by atoms with Gasteiger partial charge in [0.15, 0.2) is 0 Å². The molecule has 3 aliphatic rings. The Balaban J connectivity index is 1.28. The van der Waals surface area contributed by atoms with Gasteiger partial charge in [0, 0.05) is 31.7 Å². The van der Waals surface area contributed by atoms with E-state index in [0.717, 1.165) is 69.6 Å². The number of carbonyl (C=O) groups is 2. The monoisotopic (exact) mass is 361 g/mol. The SMILES string of the molecule is O=C(NC1CC1)C1CCCN(C2CCN(C(=O)c3cccs3)CC2)C1. The second-order valence-corrected chi connectivity index (χ2v) is 8.57. The van der Waals surface area contributed by atoms with Gasteiger partial charge in [-0.3, -0.25) is 14.5 Å². The van der Waals surface area contributed by atoms with Crippen LogP contribution in [0.4, 0.5) is 0 Å². The second-order valence-electron chi connectivity index (χ2n) is 7.62. The van der Waals surface area contributed by atoms with E-state index < -0.39 is 0 Å². The Morgan fingerprint density at radius 1 is 1.08 bits per heavy atom. The van der Waals surface area contributed by atoms with E-state index in [1.54, 1.807) is 0 Å². The van der Waals surface area contributed by atoms with Crippen molar-refractivity contribution in [2.75, 3.05) is 26.2 Å². The Hall–Kier alpha value is -1.40. The lowest BCUT2D eigenvalue weighted by atomic mass is 9.93. The van der Waals surface area contributed by atoms with Crippen LogP contribution in [-0.4, -0.2) is 59.9 Å². The second kappa shape index (κ2) is 7.46. The molecule has 1 aliphatic carbocycles. The number of nitrogens with one attached hydrogen (secondary N) is 1. The molecule has 2 aliphatic heterocycles. The first-order valence-corrected chi connectivity index (χ1v) is 10.5. The molecular formula is C19H27N3O2S. The summed E-state index contributed by atoms with van der Waals surface area (Å²) < 4.78 is 0. The predicted molar refractivity (Wildman–Crippen MR) is 98.7 cm³/mol. The normalized spacial score (nSPS) is 25.8. The van der Waals surface area contributed by atoms with Crippen molar-refractivity contribution in [3.63, 3.8) is 0 Å². The molecule has 2 saturated heterocycles. The first-order valence-electron chi connectivity index (χ1n) is 9.58. The third-order valence-corrected chi connectivity index (χ3v) is 6.61. The Bertz CT molecular complexity index is 606. The maximum Gasteiger partial charge on any atom is 0.263 e. The Kier molecular flexibility index (Phi) is 5.08. The van der Waals surface area contributed by atoms with Crippen LogP contribution in [-0.2, 0) is 4.79 Å². The highest BCUT2D eigenvalue weighted by atomic mass is 32.1. The zero-order valence-corrected chi connectivity index (χ0v) is 15.5. The Morgan fingerprint density at radius 2 is 1.88 bits per heavy atom. The van der Waals surface area contributed by atoms with E-state index in [1.165, 1.54) is 11.3 Å².